The van der Waals surface area contributed by atoms with Crippen LogP contribution in [0.4, 0.5) is 0 Å². The minimum atomic E-state index is 0.770. The number of halogens is 1. The summed E-state index contributed by atoms with van der Waals surface area (Å²) in [5.41, 5.74) is 0. The van der Waals surface area contributed by atoms with Gasteiger partial charge in [-0.1, -0.05) is 13.3 Å². The summed E-state index contributed by atoms with van der Waals surface area (Å²) >= 11 is 5.78. The molecule has 0 rings (SSSR count). The molecule has 0 saturated heterocycles. The van der Waals surface area contributed by atoms with Crippen LogP contribution in [-0.4, -0.2) is 44.5 Å². The molecule has 0 fully saturated rings. The number of hydrogen-bond acceptors (Lipinski definition) is 2. The third-order valence-corrected chi connectivity index (χ3v) is 2.82. The molecule has 2 nitrogen and oxygen atoms in total. The van der Waals surface area contributed by atoms with E-state index in [1.54, 1.807) is 0 Å². The first kappa shape index (κ1) is 15.2. The lowest BCUT2D eigenvalue weighted by atomic mass is 10.0. The predicted octanol–water partition coefficient (Wildman–Crippen LogP) is 2.57. The molecular formula is C12H27ClN2. The van der Waals surface area contributed by atoms with Crippen LogP contribution in [0.2, 0.25) is 0 Å². The minimum absolute atomic E-state index is 0.770. The summed E-state index contributed by atoms with van der Waals surface area (Å²) in [6.45, 7) is 5.67. The third-order valence-electron chi connectivity index (χ3n) is 2.61. The zero-order valence-electron chi connectivity index (χ0n) is 10.6. The van der Waals surface area contributed by atoms with E-state index in [4.69, 9.17) is 11.6 Å². The van der Waals surface area contributed by atoms with Gasteiger partial charge in [-0.15, -0.1) is 11.6 Å². The Morgan fingerprint density at radius 1 is 1.27 bits per heavy atom. The van der Waals surface area contributed by atoms with E-state index in [2.05, 4.69) is 31.2 Å². The van der Waals surface area contributed by atoms with Gasteiger partial charge < -0.3 is 10.2 Å². The van der Waals surface area contributed by atoms with Gasteiger partial charge >= 0.3 is 0 Å². The van der Waals surface area contributed by atoms with Gasteiger partial charge in [0, 0.05) is 5.88 Å². The molecule has 1 unspecified atom stereocenters. The quantitative estimate of drug-likeness (QED) is 0.462. The lowest BCUT2D eigenvalue weighted by molar-refractivity contribution is 0.380. The lowest BCUT2D eigenvalue weighted by Gasteiger charge is -2.16. The standard InChI is InChI=1S/C12H27ClN2/c1-4-6-12(7-8-13)11-14-9-5-10-15(2)3/h12,14H,4-11H2,1-3H3. The fraction of sp³-hybridized carbons (Fsp3) is 1.00. The van der Waals surface area contributed by atoms with Crippen molar-refractivity contribution >= 4 is 11.6 Å². The van der Waals surface area contributed by atoms with E-state index in [1.165, 1.54) is 25.8 Å². The molecule has 1 N–H and O–H groups in total. The van der Waals surface area contributed by atoms with Gasteiger partial charge in [-0.2, -0.15) is 0 Å². The predicted molar refractivity (Wildman–Crippen MR) is 69.8 cm³/mol. The second-order valence-electron chi connectivity index (χ2n) is 4.49. The zero-order chi connectivity index (χ0) is 11.5. The van der Waals surface area contributed by atoms with Gasteiger partial charge in [0.25, 0.3) is 0 Å². The van der Waals surface area contributed by atoms with Crippen LogP contribution in [0.5, 0.6) is 0 Å². The molecule has 0 heterocycles. The number of nitrogens with one attached hydrogen (secondary N) is 1. The van der Waals surface area contributed by atoms with E-state index < -0.39 is 0 Å². The zero-order valence-corrected chi connectivity index (χ0v) is 11.3. The van der Waals surface area contributed by atoms with Crippen molar-refractivity contribution in [3.63, 3.8) is 0 Å². The second kappa shape index (κ2) is 10.7. The van der Waals surface area contributed by atoms with Gasteiger partial charge in [0.05, 0.1) is 0 Å². The Bertz CT molecular complexity index is 123. The summed E-state index contributed by atoms with van der Waals surface area (Å²) in [7, 11) is 4.24. The Kier molecular flexibility index (Phi) is 10.9. The van der Waals surface area contributed by atoms with Crippen molar-refractivity contribution in [1.29, 1.82) is 0 Å². The molecule has 0 saturated carbocycles. The number of nitrogens with zero attached hydrogens (tertiary/aromatic N) is 1. The van der Waals surface area contributed by atoms with Crippen LogP contribution in [0.15, 0.2) is 0 Å². The number of hydrogen-bond donors (Lipinski definition) is 1. The monoisotopic (exact) mass is 234 g/mol. The Labute approximate surface area is 100 Å². The summed E-state index contributed by atoms with van der Waals surface area (Å²) in [6.07, 6.45) is 4.94. The van der Waals surface area contributed by atoms with Crippen LogP contribution < -0.4 is 5.32 Å². The maximum atomic E-state index is 5.78. The molecule has 0 aromatic carbocycles. The molecular weight excluding hydrogens is 208 g/mol. The Morgan fingerprint density at radius 3 is 2.53 bits per heavy atom. The van der Waals surface area contributed by atoms with Gasteiger partial charge in [0.1, 0.15) is 0 Å². The molecule has 0 aromatic rings. The van der Waals surface area contributed by atoms with Crippen LogP contribution in [0.25, 0.3) is 0 Å². The highest BCUT2D eigenvalue weighted by atomic mass is 35.5. The maximum absolute atomic E-state index is 5.78. The fourth-order valence-corrected chi connectivity index (χ4v) is 2.05. The molecule has 15 heavy (non-hydrogen) atoms. The van der Waals surface area contributed by atoms with E-state index in [9.17, 15) is 0 Å². The Morgan fingerprint density at radius 2 is 2.00 bits per heavy atom. The SMILES string of the molecule is CCCC(CCCl)CNCCCN(C)C. The van der Waals surface area contributed by atoms with E-state index in [1.807, 2.05) is 0 Å². The van der Waals surface area contributed by atoms with Crippen LogP contribution >= 0.6 is 11.6 Å². The van der Waals surface area contributed by atoms with E-state index in [0.717, 1.165) is 31.3 Å². The molecule has 0 bridgehead atoms. The molecule has 0 spiro atoms. The molecule has 92 valence electrons. The summed E-state index contributed by atoms with van der Waals surface area (Å²) in [6, 6.07) is 0. The Hall–Kier alpha value is 0.210. The van der Waals surface area contributed by atoms with Crippen molar-refractivity contribution in [2.24, 2.45) is 5.92 Å². The highest BCUT2D eigenvalue weighted by Gasteiger charge is 2.05. The largest absolute Gasteiger partial charge is 0.316 e. The summed E-state index contributed by atoms with van der Waals surface area (Å²) in [4.78, 5) is 2.23. The summed E-state index contributed by atoms with van der Waals surface area (Å²) in [5.74, 6) is 1.57. The van der Waals surface area contributed by atoms with Gasteiger partial charge in [-0.3, -0.25) is 0 Å². The lowest BCUT2D eigenvalue weighted by Crippen LogP contribution is -2.26. The first-order chi connectivity index (χ1) is 7.20. The van der Waals surface area contributed by atoms with Gasteiger partial charge in [0.15, 0.2) is 0 Å². The molecule has 0 aliphatic heterocycles. The van der Waals surface area contributed by atoms with E-state index >= 15 is 0 Å². The average molecular weight is 235 g/mol. The topological polar surface area (TPSA) is 15.3 Å². The smallest absolute Gasteiger partial charge is 0.0226 e. The first-order valence-corrected chi connectivity index (χ1v) is 6.65. The van der Waals surface area contributed by atoms with Crippen LogP contribution in [-0.2, 0) is 0 Å². The highest BCUT2D eigenvalue weighted by Crippen LogP contribution is 2.10. The normalized spacial score (nSPS) is 13.4. The minimum Gasteiger partial charge on any atom is -0.316 e. The van der Waals surface area contributed by atoms with Crippen LogP contribution in [0.1, 0.15) is 32.6 Å². The van der Waals surface area contributed by atoms with Gasteiger partial charge in [0.2, 0.25) is 0 Å². The molecule has 3 heteroatoms. The molecule has 0 aromatic heterocycles. The number of rotatable bonds is 10. The van der Waals surface area contributed by atoms with E-state index in [0.29, 0.717) is 0 Å². The highest BCUT2D eigenvalue weighted by molar-refractivity contribution is 6.17. The molecule has 0 radical (unpaired) electrons. The van der Waals surface area contributed by atoms with Crippen LogP contribution in [0.3, 0.4) is 0 Å². The van der Waals surface area contributed by atoms with Gasteiger partial charge in [-0.25, -0.2) is 0 Å². The maximum Gasteiger partial charge on any atom is 0.0226 e. The second-order valence-corrected chi connectivity index (χ2v) is 4.87. The van der Waals surface area contributed by atoms with Gasteiger partial charge in [-0.05, 0) is 58.9 Å². The van der Waals surface area contributed by atoms with Crippen molar-refractivity contribution in [1.82, 2.24) is 10.2 Å². The molecule has 0 aliphatic rings. The number of alkyl halides is 1. The molecule has 0 aliphatic carbocycles. The average Bonchev–Trinajstić information content (AvgIpc) is 2.17. The summed E-state index contributed by atoms with van der Waals surface area (Å²) in [5, 5.41) is 3.53. The van der Waals surface area contributed by atoms with Crippen molar-refractivity contribution < 1.29 is 0 Å². The van der Waals surface area contributed by atoms with Crippen molar-refractivity contribution in [3.8, 4) is 0 Å². The van der Waals surface area contributed by atoms with Crippen LogP contribution in [0, 0.1) is 5.92 Å². The summed E-state index contributed by atoms with van der Waals surface area (Å²) < 4.78 is 0. The van der Waals surface area contributed by atoms with Crippen molar-refractivity contribution in [2.45, 2.75) is 32.6 Å². The van der Waals surface area contributed by atoms with E-state index in [-0.39, 0.29) is 0 Å². The van der Waals surface area contributed by atoms with Crippen molar-refractivity contribution in [2.75, 3.05) is 39.6 Å². The first-order valence-electron chi connectivity index (χ1n) is 6.12. The Balaban J connectivity index is 3.36. The third kappa shape index (κ3) is 10.5. The fourth-order valence-electron chi connectivity index (χ4n) is 1.74. The van der Waals surface area contributed by atoms with Crippen molar-refractivity contribution in [3.05, 3.63) is 0 Å². The molecule has 1 atom stereocenters. The molecule has 0 amide bonds.